The first-order valence-electron chi connectivity index (χ1n) is 4.75. The van der Waals surface area contributed by atoms with Gasteiger partial charge in [-0.2, -0.15) is 4.98 Å². The number of aliphatic carboxylic acids is 1. The van der Waals surface area contributed by atoms with Gasteiger partial charge in [-0.1, -0.05) is 0 Å². The third-order valence-electron chi connectivity index (χ3n) is 1.90. The minimum Gasteiger partial charge on any atom is -0.481 e. The van der Waals surface area contributed by atoms with E-state index in [9.17, 15) is 4.79 Å². The normalized spacial score (nSPS) is 12.2. The molecular formula is C10H14N2O3. The average Bonchev–Trinajstić information content (AvgIpc) is 2.16. The first-order chi connectivity index (χ1) is 7.04. The second-order valence-electron chi connectivity index (χ2n) is 3.20. The van der Waals surface area contributed by atoms with Crippen LogP contribution in [0.2, 0.25) is 0 Å². The fourth-order valence-corrected chi connectivity index (χ4v) is 1.09. The fraction of sp³-hybridized carbons (Fsp3) is 0.500. The molecule has 5 heteroatoms. The van der Waals surface area contributed by atoms with Crippen molar-refractivity contribution in [3.8, 4) is 5.88 Å². The number of carboxylic acids is 1. The van der Waals surface area contributed by atoms with Crippen LogP contribution < -0.4 is 4.74 Å². The first-order valence-corrected chi connectivity index (χ1v) is 4.75. The minimum atomic E-state index is -0.942. The molecule has 1 unspecified atom stereocenters. The van der Waals surface area contributed by atoms with Gasteiger partial charge in [0.25, 0.3) is 0 Å². The zero-order chi connectivity index (χ0) is 11.4. The standard InChI is InChI=1S/C10H14N2O3/c1-4-15-8-5-6(2)11-9(12-8)7(3)10(13)14/h5,7H,4H2,1-3H3,(H,13,14). The summed E-state index contributed by atoms with van der Waals surface area (Å²) in [7, 11) is 0. The van der Waals surface area contributed by atoms with E-state index in [1.165, 1.54) is 0 Å². The molecule has 1 aromatic rings. The van der Waals surface area contributed by atoms with Crippen LogP contribution in [0.25, 0.3) is 0 Å². The van der Waals surface area contributed by atoms with E-state index in [2.05, 4.69) is 9.97 Å². The summed E-state index contributed by atoms with van der Waals surface area (Å²) in [5.74, 6) is -0.953. The van der Waals surface area contributed by atoms with Crippen molar-refractivity contribution in [2.24, 2.45) is 0 Å². The van der Waals surface area contributed by atoms with Crippen LogP contribution in [0.1, 0.15) is 31.3 Å². The highest BCUT2D eigenvalue weighted by Gasteiger charge is 2.18. The van der Waals surface area contributed by atoms with Crippen LogP contribution in [0.4, 0.5) is 0 Å². The largest absolute Gasteiger partial charge is 0.481 e. The van der Waals surface area contributed by atoms with Crippen molar-refractivity contribution in [3.63, 3.8) is 0 Å². The van der Waals surface area contributed by atoms with Gasteiger partial charge in [-0.05, 0) is 20.8 Å². The number of carbonyl (C=O) groups is 1. The fourth-order valence-electron chi connectivity index (χ4n) is 1.09. The number of hydrogen-bond donors (Lipinski definition) is 1. The SMILES string of the molecule is CCOc1cc(C)nc(C(C)C(=O)O)n1. The molecule has 1 atom stereocenters. The van der Waals surface area contributed by atoms with Gasteiger partial charge in [0.15, 0.2) is 0 Å². The second-order valence-corrected chi connectivity index (χ2v) is 3.20. The molecule has 0 saturated heterocycles. The molecular weight excluding hydrogens is 196 g/mol. The van der Waals surface area contributed by atoms with E-state index >= 15 is 0 Å². The highest BCUT2D eigenvalue weighted by atomic mass is 16.5. The Labute approximate surface area is 88.1 Å². The van der Waals surface area contributed by atoms with Crippen LogP contribution in [0.15, 0.2) is 6.07 Å². The highest BCUT2D eigenvalue weighted by Crippen LogP contribution is 2.15. The number of carboxylic acid groups (broad SMARTS) is 1. The van der Waals surface area contributed by atoms with Crippen molar-refractivity contribution in [1.82, 2.24) is 9.97 Å². The summed E-state index contributed by atoms with van der Waals surface area (Å²) in [6, 6.07) is 1.68. The maximum atomic E-state index is 10.8. The predicted molar refractivity (Wildman–Crippen MR) is 54.0 cm³/mol. The molecule has 0 amide bonds. The van der Waals surface area contributed by atoms with E-state index in [1.54, 1.807) is 19.9 Å². The van der Waals surface area contributed by atoms with Gasteiger partial charge in [-0.3, -0.25) is 4.79 Å². The predicted octanol–water partition coefficient (Wildman–Crippen LogP) is 1.37. The Bertz CT molecular complexity index is 366. The lowest BCUT2D eigenvalue weighted by atomic mass is 10.1. The Hall–Kier alpha value is -1.65. The van der Waals surface area contributed by atoms with Crippen LogP contribution in [-0.2, 0) is 4.79 Å². The average molecular weight is 210 g/mol. The second kappa shape index (κ2) is 4.72. The molecule has 82 valence electrons. The van der Waals surface area contributed by atoms with Crippen LogP contribution in [-0.4, -0.2) is 27.7 Å². The maximum absolute atomic E-state index is 10.8. The molecule has 0 aliphatic carbocycles. The van der Waals surface area contributed by atoms with E-state index < -0.39 is 11.9 Å². The summed E-state index contributed by atoms with van der Waals surface area (Å²) in [5, 5.41) is 8.83. The smallest absolute Gasteiger partial charge is 0.313 e. The first kappa shape index (κ1) is 11.4. The topological polar surface area (TPSA) is 72.3 Å². The molecule has 0 saturated carbocycles. The number of nitrogens with zero attached hydrogens (tertiary/aromatic N) is 2. The van der Waals surface area contributed by atoms with Crippen molar-refractivity contribution in [2.75, 3.05) is 6.61 Å². The van der Waals surface area contributed by atoms with Gasteiger partial charge in [-0.25, -0.2) is 4.98 Å². The molecule has 0 bridgehead atoms. The van der Waals surface area contributed by atoms with Gasteiger partial charge in [0.1, 0.15) is 11.7 Å². The van der Waals surface area contributed by atoms with Crippen molar-refractivity contribution in [3.05, 3.63) is 17.6 Å². The number of rotatable bonds is 4. The van der Waals surface area contributed by atoms with Crippen molar-refractivity contribution >= 4 is 5.97 Å². The summed E-state index contributed by atoms with van der Waals surface area (Å²) in [5.41, 5.74) is 0.705. The molecule has 0 aliphatic rings. The van der Waals surface area contributed by atoms with Gasteiger partial charge < -0.3 is 9.84 Å². The molecule has 15 heavy (non-hydrogen) atoms. The van der Waals surface area contributed by atoms with E-state index in [0.717, 1.165) is 0 Å². The number of hydrogen-bond acceptors (Lipinski definition) is 4. The van der Waals surface area contributed by atoms with Crippen molar-refractivity contribution < 1.29 is 14.6 Å². The Balaban J connectivity index is 3.02. The van der Waals surface area contributed by atoms with Gasteiger partial charge in [0.05, 0.1) is 6.61 Å². The summed E-state index contributed by atoms with van der Waals surface area (Å²) >= 11 is 0. The van der Waals surface area contributed by atoms with Gasteiger partial charge >= 0.3 is 5.97 Å². The summed E-state index contributed by atoms with van der Waals surface area (Å²) < 4.78 is 5.21. The van der Waals surface area contributed by atoms with E-state index in [1.807, 2.05) is 6.92 Å². The quantitative estimate of drug-likeness (QED) is 0.812. The summed E-state index contributed by atoms with van der Waals surface area (Å²) in [6.07, 6.45) is 0. The third kappa shape index (κ3) is 2.90. The lowest BCUT2D eigenvalue weighted by Crippen LogP contribution is -2.12. The molecule has 0 aliphatic heterocycles. The molecule has 1 N–H and O–H groups in total. The third-order valence-corrected chi connectivity index (χ3v) is 1.90. The molecule has 1 aromatic heterocycles. The minimum absolute atomic E-state index is 0.283. The molecule has 0 spiro atoms. The Morgan fingerprint density at radius 2 is 2.27 bits per heavy atom. The zero-order valence-electron chi connectivity index (χ0n) is 9.02. The van der Waals surface area contributed by atoms with Crippen molar-refractivity contribution in [1.29, 1.82) is 0 Å². The summed E-state index contributed by atoms with van der Waals surface area (Å²) in [4.78, 5) is 18.9. The Kier molecular flexibility index (Phi) is 3.60. The lowest BCUT2D eigenvalue weighted by molar-refractivity contribution is -0.138. The van der Waals surface area contributed by atoms with Crippen LogP contribution in [0.5, 0.6) is 5.88 Å². The van der Waals surface area contributed by atoms with E-state index in [4.69, 9.17) is 9.84 Å². The van der Waals surface area contributed by atoms with Crippen LogP contribution >= 0.6 is 0 Å². The highest BCUT2D eigenvalue weighted by molar-refractivity contribution is 5.74. The molecule has 0 fully saturated rings. The number of aryl methyl sites for hydroxylation is 1. The van der Waals surface area contributed by atoms with Gasteiger partial charge in [0, 0.05) is 11.8 Å². The molecule has 1 heterocycles. The molecule has 5 nitrogen and oxygen atoms in total. The number of aromatic nitrogens is 2. The molecule has 0 radical (unpaired) electrons. The summed E-state index contributed by atoms with van der Waals surface area (Å²) in [6.45, 7) is 5.67. The van der Waals surface area contributed by atoms with Crippen molar-refractivity contribution in [2.45, 2.75) is 26.7 Å². The van der Waals surface area contributed by atoms with E-state index in [-0.39, 0.29) is 5.82 Å². The molecule has 1 rings (SSSR count). The number of ether oxygens (including phenoxy) is 1. The van der Waals surface area contributed by atoms with E-state index in [0.29, 0.717) is 18.2 Å². The zero-order valence-corrected chi connectivity index (χ0v) is 9.02. The maximum Gasteiger partial charge on any atom is 0.313 e. The Morgan fingerprint density at radius 3 is 2.80 bits per heavy atom. The lowest BCUT2D eigenvalue weighted by Gasteiger charge is -2.08. The van der Waals surface area contributed by atoms with Gasteiger partial charge in [-0.15, -0.1) is 0 Å². The van der Waals surface area contributed by atoms with Gasteiger partial charge in [0.2, 0.25) is 5.88 Å². The Morgan fingerprint density at radius 1 is 1.60 bits per heavy atom. The monoisotopic (exact) mass is 210 g/mol. The van der Waals surface area contributed by atoms with Crippen LogP contribution in [0, 0.1) is 6.92 Å². The molecule has 0 aromatic carbocycles. The van der Waals surface area contributed by atoms with Crippen LogP contribution in [0.3, 0.4) is 0 Å².